The van der Waals surface area contributed by atoms with Crippen molar-refractivity contribution >= 4 is 33.6 Å². The van der Waals surface area contributed by atoms with Crippen LogP contribution in [-0.2, 0) is 55.8 Å². The minimum absolute atomic E-state index is 0.0869. The van der Waals surface area contributed by atoms with Crippen molar-refractivity contribution in [3.63, 3.8) is 0 Å². The first-order chi connectivity index (χ1) is 46.2. The molecular formula is C77H130O16P2. The van der Waals surface area contributed by atoms with Gasteiger partial charge in [0.05, 0.1) is 26.4 Å². The summed E-state index contributed by atoms with van der Waals surface area (Å²) in [5.41, 5.74) is 0. The van der Waals surface area contributed by atoms with Crippen LogP contribution in [0.4, 0.5) is 0 Å². The SMILES string of the molecule is CC/C=C\C/C=C\C/C=C\C/C=C\C/C=C\CCCCCCCCCC(=O)OCC(O)COP(=O)(O)OCC(O)COP(=O)(O)OCC(COC(=O)CCCCCCC/C=C\C/C=C\C/C=C\C/C=C\C/C=C\CC)OC(=O)CCCCCCC/C=C\CCCCCCCC. The van der Waals surface area contributed by atoms with E-state index in [9.17, 15) is 43.5 Å². The number of rotatable bonds is 68. The molecule has 0 aliphatic carbocycles. The van der Waals surface area contributed by atoms with E-state index in [1.165, 1.54) is 38.5 Å². The summed E-state index contributed by atoms with van der Waals surface area (Å²) in [5.74, 6) is -1.62. The molecule has 5 unspecified atom stereocenters. The quantitative estimate of drug-likeness (QED) is 0.0146. The lowest BCUT2D eigenvalue weighted by molar-refractivity contribution is -0.161. The number of aliphatic hydroxyl groups is 2. The molecule has 0 rings (SSSR count). The third-order valence-corrected chi connectivity index (χ3v) is 16.7. The lowest BCUT2D eigenvalue weighted by Crippen LogP contribution is -2.30. The first-order valence-corrected chi connectivity index (χ1v) is 39.5. The van der Waals surface area contributed by atoms with Gasteiger partial charge in [0.1, 0.15) is 25.4 Å². The number of unbranched alkanes of at least 4 members (excludes halogenated alkanes) is 23. The van der Waals surface area contributed by atoms with E-state index in [1.807, 2.05) is 0 Å². The Labute approximate surface area is 575 Å². The first-order valence-electron chi connectivity index (χ1n) is 36.5. The molecule has 0 spiro atoms. The summed E-state index contributed by atoms with van der Waals surface area (Å²) < 4.78 is 61.0. The van der Waals surface area contributed by atoms with Gasteiger partial charge < -0.3 is 34.2 Å². The van der Waals surface area contributed by atoms with Crippen molar-refractivity contribution in [2.45, 2.75) is 296 Å². The van der Waals surface area contributed by atoms with Gasteiger partial charge in [-0.25, -0.2) is 9.13 Å². The van der Waals surface area contributed by atoms with Gasteiger partial charge in [0, 0.05) is 19.3 Å². The zero-order valence-corrected chi connectivity index (χ0v) is 60.8. The average molecular weight is 1370 g/mol. The highest BCUT2D eigenvalue weighted by molar-refractivity contribution is 7.47. The molecule has 0 bridgehead atoms. The second-order valence-corrected chi connectivity index (χ2v) is 26.9. The summed E-state index contributed by atoms with van der Waals surface area (Å²) >= 11 is 0. The van der Waals surface area contributed by atoms with Crippen LogP contribution in [0, 0.1) is 0 Å². The van der Waals surface area contributed by atoms with Crippen LogP contribution in [-0.4, -0.2) is 95.9 Å². The van der Waals surface area contributed by atoms with Gasteiger partial charge in [0.15, 0.2) is 6.10 Å². The number of hydrogen-bond donors (Lipinski definition) is 4. The molecular weight excluding hydrogens is 1240 g/mol. The Hall–Kier alpha value is -4.31. The molecule has 0 aromatic heterocycles. The molecule has 5 atom stereocenters. The molecule has 16 nitrogen and oxygen atoms in total. The fourth-order valence-corrected chi connectivity index (χ4v) is 10.9. The maximum atomic E-state index is 12.9. The number of carbonyl (C=O) groups excluding carboxylic acids is 3. The number of hydrogen-bond acceptors (Lipinski definition) is 14. The summed E-state index contributed by atoms with van der Waals surface area (Å²) in [6.45, 7) is 2.39. The van der Waals surface area contributed by atoms with Crippen molar-refractivity contribution in [3.8, 4) is 0 Å². The van der Waals surface area contributed by atoms with Gasteiger partial charge in [-0.15, -0.1) is 0 Å². The van der Waals surface area contributed by atoms with E-state index >= 15 is 0 Å². The molecule has 95 heavy (non-hydrogen) atoms. The molecule has 18 heteroatoms. The Morgan fingerprint density at radius 2 is 0.558 bits per heavy atom. The molecule has 0 radical (unpaired) electrons. The van der Waals surface area contributed by atoms with E-state index in [-0.39, 0.29) is 19.3 Å². The molecule has 0 aromatic rings. The normalized spacial score (nSPS) is 14.9. The van der Waals surface area contributed by atoms with Gasteiger partial charge in [-0.1, -0.05) is 257 Å². The monoisotopic (exact) mass is 1370 g/mol. The average Bonchev–Trinajstić information content (AvgIpc) is 1.93. The highest BCUT2D eigenvalue weighted by atomic mass is 31.2. The van der Waals surface area contributed by atoms with Gasteiger partial charge in [0.25, 0.3) is 0 Å². The molecule has 544 valence electrons. The highest BCUT2D eigenvalue weighted by Gasteiger charge is 2.29. The number of phosphoric acid groups is 2. The van der Waals surface area contributed by atoms with E-state index in [4.69, 9.17) is 32.3 Å². The molecule has 0 saturated heterocycles. The zero-order valence-electron chi connectivity index (χ0n) is 59.0. The highest BCUT2D eigenvalue weighted by Crippen LogP contribution is 2.45. The van der Waals surface area contributed by atoms with Crippen molar-refractivity contribution in [2.24, 2.45) is 0 Å². The maximum Gasteiger partial charge on any atom is 0.472 e. The standard InChI is InChI=1S/C77H130O16P2/c1-4-7-10-13-16-19-22-25-28-30-32-34-35-37-39-40-43-45-48-51-54-57-60-63-75(80)87-66-72(78)67-89-94(83,84)90-68-73(79)69-91-95(85,86)92-71-74(93-77(82)65-62-59-56-53-50-47-42-27-24-21-18-15-12-9-6-3)70-88-76(81)64-61-58-55-52-49-46-44-41-38-36-33-31-29-26-23-20-17-14-11-8-5-2/h7-8,10-11,16-17,19-20,25-29,32-34,36-37,39,41-42,44,72-74,78-79H,4-6,9,12-15,18,21-24,30-31,35,38,40,43,45-71H2,1-3H3,(H,83,84)(H,85,86)/b10-7-,11-8-,19-16-,20-17-,28-25-,29-26-,34-32-,36-33-,39-37-,42-27-,44-41-. The zero-order chi connectivity index (χ0) is 69.5. The van der Waals surface area contributed by atoms with Crippen molar-refractivity contribution in [1.82, 2.24) is 0 Å². The van der Waals surface area contributed by atoms with Gasteiger partial charge in [-0.05, 0) is 135 Å². The molecule has 0 aliphatic heterocycles. The molecule has 0 amide bonds. The maximum absolute atomic E-state index is 12.9. The number of phosphoric ester groups is 2. The van der Waals surface area contributed by atoms with Crippen LogP contribution in [0.25, 0.3) is 0 Å². The van der Waals surface area contributed by atoms with E-state index < -0.39 is 91.5 Å². The third-order valence-electron chi connectivity index (χ3n) is 14.8. The number of esters is 3. The van der Waals surface area contributed by atoms with Crippen molar-refractivity contribution in [3.05, 3.63) is 134 Å². The summed E-state index contributed by atoms with van der Waals surface area (Å²) in [5, 5.41) is 20.6. The van der Waals surface area contributed by atoms with Crippen molar-refractivity contribution in [2.75, 3.05) is 39.6 Å². The molecule has 0 aliphatic rings. The van der Waals surface area contributed by atoms with Crippen LogP contribution in [0.1, 0.15) is 278 Å². The molecule has 0 saturated carbocycles. The molecule has 0 aromatic carbocycles. The molecule has 4 N–H and O–H groups in total. The second-order valence-electron chi connectivity index (χ2n) is 24.0. The summed E-state index contributed by atoms with van der Waals surface area (Å²) in [6.07, 6.45) is 82.0. The van der Waals surface area contributed by atoms with Crippen molar-refractivity contribution < 1.29 is 75.8 Å². The summed E-state index contributed by atoms with van der Waals surface area (Å²) in [7, 11) is -9.80. The lowest BCUT2D eigenvalue weighted by Gasteiger charge is -2.21. The lowest BCUT2D eigenvalue weighted by atomic mass is 10.1. The van der Waals surface area contributed by atoms with E-state index in [1.54, 1.807) is 0 Å². The van der Waals surface area contributed by atoms with Crippen LogP contribution in [0.15, 0.2) is 134 Å². The minimum atomic E-state index is -4.94. The Morgan fingerprint density at radius 1 is 0.305 bits per heavy atom. The predicted octanol–water partition coefficient (Wildman–Crippen LogP) is 20.8. The van der Waals surface area contributed by atoms with Gasteiger partial charge in [0.2, 0.25) is 0 Å². The van der Waals surface area contributed by atoms with Gasteiger partial charge >= 0.3 is 33.6 Å². The van der Waals surface area contributed by atoms with Gasteiger partial charge in [-0.3, -0.25) is 32.5 Å². The molecule has 0 heterocycles. The Morgan fingerprint density at radius 3 is 0.895 bits per heavy atom. The van der Waals surface area contributed by atoms with Crippen LogP contribution in [0.5, 0.6) is 0 Å². The van der Waals surface area contributed by atoms with E-state index in [0.29, 0.717) is 19.3 Å². The van der Waals surface area contributed by atoms with Gasteiger partial charge in [-0.2, -0.15) is 0 Å². The number of ether oxygens (including phenoxy) is 3. The number of allylic oxidation sites excluding steroid dienone is 22. The summed E-state index contributed by atoms with van der Waals surface area (Å²) in [6, 6.07) is 0. The number of carbonyl (C=O) groups is 3. The first kappa shape index (κ1) is 90.7. The van der Waals surface area contributed by atoms with E-state index in [0.717, 1.165) is 180 Å². The van der Waals surface area contributed by atoms with Crippen LogP contribution < -0.4 is 0 Å². The third kappa shape index (κ3) is 70.8. The smallest absolute Gasteiger partial charge is 0.463 e. The fraction of sp³-hybridized carbons (Fsp3) is 0.675. The molecule has 0 fully saturated rings. The van der Waals surface area contributed by atoms with Crippen LogP contribution in [0.3, 0.4) is 0 Å². The minimum Gasteiger partial charge on any atom is -0.463 e. The Balaban J connectivity index is 4.67. The fourth-order valence-electron chi connectivity index (χ4n) is 9.32. The summed E-state index contributed by atoms with van der Waals surface area (Å²) in [4.78, 5) is 58.5. The topological polar surface area (TPSA) is 231 Å². The Bertz CT molecular complexity index is 2260. The largest absolute Gasteiger partial charge is 0.472 e. The van der Waals surface area contributed by atoms with E-state index in [2.05, 4.69) is 154 Å². The number of aliphatic hydroxyl groups excluding tert-OH is 2. The van der Waals surface area contributed by atoms with Crippen LogP contribution in [0.2, 0.25) is 0 Å². The predicted molar refractivity (Wildman–Crippen MR) is 390 cm³/mol. The van der Waals surface area contributed by atoms with Crippen molar-refractivity contribution in [1.29, 1.82) is 0 Å². The second kappa shape index (κ2) is 69.6. The Kier molecular flexibility index (Phi) is 66.4. The van der Waals surface area contributed by atoms with Crippen LogP contribution >= 0.6 is 15.6 Å².